The van der Waals surface area contributed by atoms with Gasteiger partial charge in [-0.2, -0.15) is 5.10 Å². The second-order valence-electron chi connectivity index (χ2n) is 8.90. The maximum absolute atomic E-state index is 13.4. The average Bonchev–Trinajstić information content (AvgIpc) is 3.21. The molecule has 2 aromatic carbocycles. The van der Waals surface area contributed by atoms with Crippen molar-refractivity contribution >= 4 is 11.8 Å². The standard InChI is InChI=1S/C25H29FN4O2/c1-25(2,3)27-23(31)17-10-12-18(13-11-17)24(32)30(4)14-6-9-21-16-22(29-28-21)19-7-5-8-20(26)15-19/h5,7-8,10-13,15-16H,6,9,14H2,1-4H3,(H,27,31)(H,28,29). The SMILES string of the molecule is CN(CCCc1cc(-c2cccc(F)c2)n[nH]1)C(=O)c1ccc(C(=O)NC(C)(C)C)cc1. The molecule has 0 aliphatic rings. The molecule has 2 amide bonds. The number of carbonyl (C=O) groups excluding carboxylic acids is 2. The zero-order valence-corrected chi connectivity index (χ0v) is 18.9. The zero-order chi connectivity index (χ0) is 23.3. The molecule has 2 N–H and O–H groups in total. The van der Waals surface area contributed by atoms with Gasteiger partial charge >= 0.3 is 0 Å². The van der Waals surface area contributed by atoms with Crippen LogP contribution in [0.5, 0.6) is 0 Å². The van der Waals surface area contributed by atoms with E-state index < -0.39 is 0 Å². The van der Waals surface area contributed by atoms with E-state index in [4.69, 9.17) is 0 Å². The second-order valence-corrected chi connectivity index (χ2v) is 8.90. The van der Waals surface area contributed by atoms with Gasteiger partial charge in [0.05, 0.1) is 5.69 Å². The van der Waals surface area contributed by atoms with Crippen molar-refractivity contribution in [1.82, 2.24) is 20.4 Å². The summed E-state index contributed by atoms with van der Waals surface area (Å²) in [5, 5.41) is 10.1. The summed E-state index contributed by atoms with van der Waals surface area (Å²) >= 11 is 0. The highest BCUT2D eigenvalue weighted by atomic mass is 19.1. The van der Waals surface area contributed by atoms with Crippen LogP contribution in [0.2, 0.25) is 0 Å². The Morgan fingerprint density at radius 3 is 2.41 bits per heavy atom. The van der Waals surface area contributed by atoms with Crippen LogP contribution < -0.4 is 5.32 Å². The topological polar surface area (TPSA) is 78.1 Å². The Labute approximate surface area is 187 Å². The Morgan fingerprint density at radius 1 is 1.06 bits per heavy atom. The number of H-pyrrole nitrogens is 1. The van der Waals surface area contributed by atoms with Crippen LogP contribution in [0.4, 0.5) is 4.39 Å². The molecule has 0 fully saturated rings. The van der Waals surface area contributed by atoms with Crippen LogP contribution in [0.25, 0.3) is 11.3 Å². The minimum Gasteiger partial charge on any atom is -0.347 e. The van der Waals surface area contributed by atoms with Crippen molar-refractivity contribution in [2.45, 2.75) is 39.2 Å². The van der Waals surface area contributed by atoms with Crippen molar-refractivity contribution in [1.29, 1.82) is 0 Å². The lowest BCUT2D eigenvalue weighted by Gasteiger charge is -2.20. The summed E-state index contributed by atoms with van der Waals surface area (Å²) in [6.45, 7) is 6.33. The van der Waals surface area contributed by atoms with E-state index in [0.29, 0.717) is 29.8 Å². The van der Waals surface area contributed by atoms with Crippen molar-refractivity contribution in [2.75, 3.05) is 13.6 Å². The molecule has 0 aliphatic carbocycles. The molecule has 0 unspecified atom stereocenters. The zero-order valence-electron chi connectivity index (χ0n) is 18.9. The Kier molecular flexibility index (Phi) is 7.08. The van der Waals surface area contributed by atoms with Crippen LogP contribution in [0.15, 0.2) is 54.6 Å². The summed E-state index contributed by atoms with van der Waals surface area (Å²) in [5.74, 6) is -0.560. The summed E-state index contributed by atoms with van der Waals surface area (Å²) in [7, 11) is 1.76. The van der Waals surface area contributed by atoms with Gasteiger partial charge in [0, 0.05) is 41.5 Å². The minimum absolute atomic E-state index is 0.0992. The van der Waals surface area contributed by atoms with Gasteiger partial charge in [-0.05, 0) is 76.1 Å². The number of hydrogen-bond donors (Lipinski definition) is 2. The second kappa shape index (κ2) is 9.77. The third-order valence-corrected chi connectivity index (χ3v) is 4.92. The molecule has 0 radical (unpaired) electrons. The Morgan fingerprint density at radius 2 is 1.75 bits per heavy atom. The fraction of sp³-hybridized carbons (Fsp3) is 0.320. The van der Waals surface area contributed by atoms with Gasteiger partial charge in [0.25, 0.3) is 11.8 Å². The predicted molar refractivity (Wildman–Crippen MR) is 123 cm³/mol. The van der Waals surface area contributed by atoms with Crippen LogP contribution >= 0.6 is 0 Å². The van der Waals surface area contributed by atoms with E-state index in [2.05, 4.69) is 15.5 Å². The van der Waals surface area contributed by atoms with Gasteiger partial charge in [0.1, 0.15) is 5.82 Å². The van der Waals surface area contributed by atoms with Gasteiger partial charge in [-0.3, -0.25) is 14.7 Å². The molecule has 7 heteroatoms. The van der Waals surface area contributed by atoms with E-state index in [9.17, 15) is 14.0 Å². The number of hydrogen-bond acceptors (Lipinski definition) is 3. The van der Waals surface area contributed by atoms with Crippen molar-refractivity contribution < 1.29 is 14.0 Å². The fourth-order valence-corrected chi connectivity index (χ4v) is 3.29. The summed E-state index contributed by atoms with van der Waals surface area (Å²) < 4.78 is 13.4. The molecular formula is C25H29FN4O2. The van der Waals surface area contributed by atoms with Crippen LogP contribution in [0, 0.1) is 5.82 Å². The van der Waals surface area contributed by atoms with E-state index in [0.717, 1.165) is 17.7 Å². The highest BCUT2D eigenvalue weighted by Gasteiger charge is 2.17. The highest BCUT2D eigenvalue weighted by Crippen LogP contribution is 2.19. The maximum atomic E-state index is 13.4. The lowest BCUT2D eigenvalue weighted by atomic mass is 10.1. The quantitative estimate of drug-likeness (QED) is 0.574. The number of rotatable bonds is 7. The third-order valence-electron chi connectivity index (χ3n) is 4.92. The minimum atomic E-state index is -0.321. The molecule has 0 spiro atoms. The number of aromatic amines is 1. The molecule has 168 valence electrons. The van der Waals surface area contributed by atoms with Gasteiger partial charge < -0.3 is 10.2 Å². The normalized spacial score (nSPS) is 11.3. The fourth-order valence-electron chi connectivity index (χ4n) is 3.29. The number of nitrogens with zero attached hydrogens (tertiary/aromatic N) is 2. The van der Waals surface area contributed by atoms with Crippen molar-refractivity contribution in [3.8, 4) is 11.3 Å². The van der Waals surface area contributed by atoms with Gasteiger partial charge in [-0.25, -0.2) is 4.39 Å². The van der Waals surface area contributed by atoms with Gasteiger partial charge in [0.15, 0.2) is 0 Å². The van der Waals surface area contributed by atoms with Crippen LogP contribution in [0.1, 0.15) is 53.6 Å². The first-order valence-electron chi connectivity index (χ1n) is 10.6. The number of carbonyl (C=O) groups is 2. The Bertz CT molecular complexity index is 1080. The van der Waals surface area contributed by atoms with Gasteiger partial charge in [0.2, 0.25) is 0 Å². The first kappa shape index (κ1) is 23.2. The number of amides is 2. The Balaban J connectivity index is 1.51. The van der Waals surface area contributed by atoms with Gasteiger partial charge in [-0.1, -0.05) is 12.1 Å². The van der Waals surface area contributed by atoms with E-state index in [1.807, 2.05) is 32.9 Å². The molecule has 0 saturated heterocycles. The van der Waals surface area contributed by atoms with Gasteiger partial charge in [-0.15, -0.1) is 0 Å². The molecule has 0 saturated carbocycles. The summed E-state index contributed by atoms with van der Waals surface area (Å²) in [4.78, 5) is 26.6. The van der Waals surface area contributed by atoms with Crippen molar-refractivity contribution in [3.63, 3.8) is 0 Å². The number of aryl methyl sites for hydroxylation is 1. The number of halogens is 1. The third kappa shape index (κ3) is 6.26. The molecule has 6 nitrogen and oxygen atoms in total. The van der Waals surface area contributed by atoms with Crippen LogP contribution in [0.3, 0.4) is 0 Å². The molecule has 1 heterocycles. The largest absolute Gasteiger partial charge is 0.347 e. The first-order chi connectivity index (χ1) is 15.1. The maximum Gasteiger partial charge on any atom is 0.253 e. The molecule has 1 aromatic heterocycles. The highest BCUT2D eigenvalue weighted by molar-refractivity contribution is 5.98. The van der Waals surface area contributed by atoms with E-state index in [1.165, 1.54) is 12.1 Å². The number of nitrogens with one attached hydrogen (secondary N) is 2. The molecule has 0 atom stereocenters. The van der Waals surface area contributed by atoms with Crippen LogP contribution in [-0.4, -0.2) is 46.0 Å². The molecule has 0 bridgehead atoms. The molecule has 3 aromatic rings. The summed E-state index contributed by atoms with van der Waals surface area (Å²) in [6.07, 6.45) is 1.46. The van der Waals surface area contributed by atoms with Crippen LogP contribution in [-0.2, 0) is 6.42 Å². The predicted octanol–water partition coefficient (Wildman–Crippen LogP) is 4.45. The molecule has 0 aliphatic heterocycles. The Hall–Kier alpha value is -3.48. The number of benzene rings is 2. The molecule has 3 rings (SSSR count). The monoisotopic (exact) mass is 436 g/mol. The smallest absolute Gasteiger partial charge is 0.253 e. The number of aromatic nitrogens is 2. The van der Waals surface area contributed by atoms with E-state index in [-0.39, 0.29) is 23.2 Å². The van der Waals surface area contributed by atoms with Crippen molar-refractivity contribution in [3.05, 3.63) is 77.2 Å². The molecule has 32 heavy (non-hydrogen) atoms. The molecular weight excluding hydrogens is 407 g/mol. The van der Waals surface area contributed by atoms with Crippen molar-refractivity contribution in [2.24, 2.45) is 0 Å². The lowest BCUT2D eigenvalue weighted by Crippen LogP contribution is -2.40. The summed E-state index contributed by atoms with van der Waals surface area (Å²) in [5.41, 5.74) is 3.08. The lowest BCUT2D eigenvalue weighted by molar-refractivity contribution is 0.0792. The average molecular weight is 437 g/mol. The van der Waals surface area contributed by atoms with E-state index >= 15 is 0 Å². The first-order valence-corrected chi connectivity index (χ1v) is 10.6. The summed E-state index contributed by atoms with van der Waals surface area (Å²) in [6, 6.07) is 14.9. The van der Waals surface area contributed by atoms with E-state index in [1.54, 1.807) is 42.3 Å².